The summed E-state index contributed by atoms with van der Waals surface area (Å²) in [4.78, 5) is 12.2. The zero-order valence-electron chi connectivity index (χ0n) is 23.7. The van der Waals surface area contributed by atoms with E-state index in [2.05, 4.69) is 60.6 Å². The molecule has 2 bridgehead atoms. The lowest BCUT2D eigenvalue weighted by molar-refractivity contribution is -0.251. The Kier molecular flexibility index (Phi) is 5.02. The van der Waals surface area contributed by atoms with Crippen LogP contribution in [0.4, 0.5) is 0 Å². The largest absolute Gasteiger partial charge is 0.458 e. The lowest BCUT2D eigenvalue weighted by atomic mass is 9.31. The van der Waals surface area contributed by atoms with Crippen LogP contribution in [0.15, 0.2) is 12.2 Å². The average Bonchev–Trinajstić information content (AvgIpc) is 3.10. The molecule has 196 valence electrons. The van der Waals surface area contributed by atoms with Crippen LogP contribution >= 0.6 is 0 Å². The summed E-state index contributed by atoms with van der Waals surface area (Å²) in [5.74, 6) is 2.46. The number of rotatable bonds is 1. The highest BCUT2D eigenvalue weighted by atomic mass is 16.5. The van der Waals surface area contributed by atoms with E-state index in [1.807, 2.05) is 0 Å². The highest BCUT2D eigenvalue weighted by Gasteiger charge is 2.73. The minimum Gasteiger partial charge on any atom is -0.458 e. The van der Waals surface area contributed by atoms with Gasteiger partial charge in [-0.15, -0.1) is 0 Å². The van der Waals surface area contributed by atoms with Gasteiger partial charge in [0.25, 0.3) is 0 Å². The number of carbonyl (C=O) groups excluding carboxylic acids is 1. The molecule has 35 heavy (non-hydrogen) atoms. The molecule has 4 saturated carbocycles. The molecule has 3 nitrogen and oxygen atoms in total. The Morgan fingerprint density at radius 3 is 2.29 bits per heavy atom. The van der Waals surface area contributed by atoms with E-state index in [1.165, 1.54) is 51.4 Å². The van der Waals surface area contributed by atoms with Crippen molar-refractivity contribution in [3.05, 3.63) is 12.2 Å². The molecule has 0 spiro atoms. The smallest absolute Gasteiger partial charge is 0.303 e. The van der Waals surface area contributed by atoms with Crippen molar-refractivity contribution >= 4 is 5.97 Å². The summed E-state index contributed by atoms with van der Waals surface area (Å²) < 4.78 is 12.9. The molecule has 0 aromatic rings. The number of allylic oxidation sites excluding steroid dienone is 1. The van der Waals surface area contributed by atoms with Crippen molar-refractivity contribution in [1.29, 1.82) is 0 Å². The van der Waals surface area contributed by atoms with Crippen LogP contribution in [0.25, 0.3) is 0 Å². The quantitative estimate of drug-likeness (QED) is 0.285. The summed E-state index contributed by atoms with van der Waals surface area (Å²) >= 11 is 0. The van der Waals surface area contributed by atoms with E-state index >= 15 is 0 Å². The predicted octanol–water partition coefficient (Wildman–Crippen LogP) is 7.58. The zero-order chi connectivity index (χ0) is 25.2. The normalized spacial score (nSPS) is 55.2. The molecule has 0 N–H and O–H groups in total. The lowest BCUT2D eigenvalue weighted by Crippen LogP contribution is -2.68. The SMILES string of the molecule is CC(=O)O[C@@H]1C=CC(C)(C)[C@@H]2CC[C@]3(C)[C@H](CC[C@@H]4[C@H]5[C@H]6OC[C@@]5(CCC6(C)C)CC[C@]43C)[C@@]12C. The molecular formula is C32H50O3. The van der Waals surface area contributed by atoms with Crippen molar-refractivity contribution in [1.82, 2.24) is 0 Å². The monoisotopic (exact) mass is 482 g/mol. The van der Waals surface area contributed by atoms with Gasteiger partial charge in [-0.1, -0.05) is 54.5 Å². The van der Waals surface area contributed by atoms with E-state index in [9.17, 15) is 4.79 Å². The van der Waals surface area contributed by atoms with E-state index in [1.54, 1.807) is 6.92 Å². The van der Waals surface area contributed by atoms with Gasteiger partial charge in [-0.3, -0.25) is 4.79 Å². The third kappa shape index (κ3) is 2.91. The fraction of sp³-hybridized carbons (Fsp3) is 0.906. The van der Waals surface area contributed by atoms with Crippen molar-refractivity contribution in [3.8, 4) is 0 Å². The molecular weight excluding hydrogens is 432 g/mol. The Balaban J connectivity index is 1.42. The summed E-state index contributed by atoms with van der Waals surface area (Å²) in [7, 11) is 0. The second kappa shape index (κ2) is 7.17. The molecule has 0 unspecified atom stereocenters. The van der Waals surface area contributed by atoms with Crippen LogP contribution in [-0.4, -0.2) is 24.8 Å². The van der Waals surface area contributed by atoms with Crippen LogP contribution in [0.2, 0.25) is 0 Å². The first kappa shape index (κ1) is 24.5. The third-order valence-corrected chi connectivity index (χ3v) is 13.8. The third-order valence-electron chi connectivity index (χ3n) is 13.8. The molecule has 6 rings (SSSR count). The van der Waals surface area contributed by atoms with Gasteiger partial charge in [-0.2, -0.15) is 0 Å². The molecule has 5 aliphatic carbocycles. The zero-order valence-corrected chi connectivity index (χ0v) is 23.7. The van der Waals surface area contributed by atoms with E-state index in [4.69, 9.17) is 9.47 Å². The Morgan fingerprint density at radius 1 is 0.857 bits per heavy atom. The number of esters is 1. The highest BCUT2D eigenvalue weighted by molar-refractivity contribution is 5.66. The molecule has 0 radical (unpaired) electrons. The van der Waals surface area contributed by atoms with Crippen LogP contribution in [0.3, 0.4) is 0 Å². The molecule has 5 fully saturated rings. The molecule has 1 saturated heterocycles. The Hall–Kier alpha value is -0.830. The summed E-state index contributed by atoms with van der Waals surface area (Å²) in [5.41, 5.74) is 1.45. The molecule has 6 aliphatic rings. The first-order chi connectivity index (χ1) is 16.2. The number of ether oxygens (including phenoxy) is 2. The maximum absolute atomic E-state index is 12.2. The summed E-state index contributed by atoms with van der Waals surface area (Å²) in [5, 5.41) is 0. The molecule has 3 heteroatoms. The van der Waals surface area contributed by atoms with Crippen LogP contribution in [-0.2, 0) is 14.3 Å². The number of fused-ring (bicyclic) bond motifs is 5. The van der Waals surface area contributed by atoms with Gasteiger partial charge in [0.15, 0.2) is 0 Å². The van der Waals surface area contributed by atoms with Crippen LogP contribution in [0, 0.1) is 56.2 Å². The van der Waals surface area contributed by atoms with Crippen molar-refractivity contribution in [2.75, 3.05) is 6.61 Å². The van der Waals surface area contributed by atoms with Crippen LogP contribution in [0.1, 0.15) is 107 Å². The van der Waals surface area contributed by atoms with Gasteiger partial charge < -0.3 is 9.47 Å². The second-order valence-corrected chi connectivity index (χ2v) is 15.8. The first-order valence-electron chi connectivity index (χ1n) is 14.7. The fourth-order valence-corrected chi connectivity index (χ4v) is 11.8. The van der Waals surface area contributed by atoms with Crippen molar-refractivity contribution in [3.63, 3.8) is 0 Å². The topological polar surface area (TPSA) is 35.5 Å². The molecule has 1 aliphatic heterocycles. The first-order valence-corrected chi connectivity index (χ1v) is 14.7. The van der Waals surface area contributed by atoms with Gasteiger partial charge in [0.1, 0.15) is 6.10 Å². The Bertz CT molecular complexity index is 948. The van der Waals surface area contributed by atoms with Crippen molar-refractivity contribution in [2.45, 2.75) is 119 Å². The fourth-order valence-electron chi connectivity index (χ4n) is 11.8. The Morgan fingerprint density at radius 2 is 1.57 bits per heavy atom. The standard InChI is InChI=1S/C32H50O3/c1-20(33)35-24-12-13-27(2,3)22-11-14-30(7)23(31(22,24)8)10-9-21-25-26-28(4,5)15-17-32(25,19-34-26)18-16-29(21,30)6/h12-13,21-26H,9-11,14-19H2,1-8H3/t21-,22+,23+,24-,25+,26-,29-,30-,31+,32-/m1/s1. The van der Waals surface area contributed by atoms with Crippen molar-refractivity contribution in [2.24, 2.45) is 56.2 Å². The van der Waals surface area contributed by atoms with Crippen molar-refractivity contribution < 1.29 is 14.3 Å². The number of carbonyl (C=O) groups is 1. The van der Waals surface area contributed by atoms with Gasteiger partial charge in [-0.25, -0.2) is 0 Å². The van der Waals surface area contributed by atoms with Crippen LogP contribution in [0.5, 0.6) is 0 Å². The number of hydrogen-bond donors (Lipinski definition) is 0. The molecule has 10 atom stereocenters. The molecule has 0 amide bonds. The summed E-state index contributed by atoms with van der Waals surface area (Å²) in [6.45, 7) is 20.2. The van der Waals surface area contributed by atoms with E-state index < -0.39 is 0 Å². The molecule has 0 aromatic carbocycles. The lowest BCUT2D eigenvalue weighted by Gasteiger charge is -2.73. The minimum absolute atomic E-state index is 0.0125. The molecule has 0 aromatic heterocycles. The average molecular weight is 483 g/mol. The number of hydrogen-bond acceptors (Lipinski definition) is 3. The van der Waals surface area contributed by atoms with E-state index in [-0.39, 0.29) is 28.3 Å². The second-order valence-electron chi connectivity index (χ2n) is 15.8. The van der Waals surface area contributed by atoms with E-state index in [0.717, 1.165) is 18.4 Å². The van der Waals surface area contributed by atoms with Gasteiger partial charge in [-0.05, 0) is 108 Å². The maximum atomic E-state index is 12.2. The summed E-state index contributed by atoms with van der Waals surface area (Å²) in [6, 6.07) is 0. The highest BCUT2D eigenvalue weighted by Crippen LogP contribution is 2.77. The van der Waals surface area contributed by atoms with Gasteiger partial charge in [0, 0.05) is 12.3 Å². The minimum atomic E-state index is -0.135. The van der Waals surface area contributed by atoms with Gasteiger partial charge in [0.2, 0.25) is 0 Å². The maximum Gasteiger partial charge on any atom is 0.303 e. The predicted molar refractivity (Wildman–Crippen MR) is 140 cm³/mol. The van der Waals surface area contributed by atoms with E-state index in [0.29, 0.717) is 34.2 Å². The Labute approximate surface area is 214 Å². The summed E-state index contributed by atoms with van der Waals surface area (Å²) in [6.07, 6.45) is 15.4. The van der Waals surface area contributed by atoms with Gasteiger partial charge in [0.05, 0.1) is 12.7 Å². The van der Waals surface area contributed by atoms with Crippen LogP contribution < -0.4 is 0 Å². The van der Waals surface area contributed by atoms with Gasteiger partial charge >= 0.3 is 5.97 Å². The molecule has 1 heterocycles.